The molecule has 0 radical (unpaired) electrons. The Bertz CT molecular complexity index is 382. The van der Waals surface area contributed by atoms with Crippen LogP contribution >= 0.6 is 0 Å². The van der Waals surface area contributed by atoms with Gasteiger partial charge in [-0.25, -0.2) is 0 Å². The van der Waals surface area contributed by atoms with Crippen LogP contribution in [0.1, 0.15) is 53.4 Å². The molecule has 0 unspecified atom stereocenters. The standard InChI is InChI=1S/C15H22O/c1-10(2)13-6-5-12(4)15(14(13)16)8-7-11(3)9-15/h9,12H,5-8H2,1-4H3/t12-,15-/m1/s1. The molecule has 0 heterocycles. The molecular weight excluding hydrogens is 196 g/mol. The van der Waals surface area contributed by atoms with Gasteiger partial charge in [0.15, 0.2) is 5.78 Å². The maximum Gasteiger partial charge on any atom is 0.168 e. The third-order valence-corrected chi connectivity index (χ3v) is 4.44. The van der Waals surface area contributed by atoms with E-state index in [0.29, 0.717) is 11.7 Å². The predicted octanol–water partition coefficient (Wildman–Crippen LogP) is 4.05. The topological polar surface area (TPSA) is 17.1 Å². The number of rotatable bonds is 0. The molecule has 0 aromatic heterocycles. The van der Waals surface area contributed by atoms with Gasteiger partial charge in [0.05, 0.1) is 5.41 Å². The van der Waals surface area contributed by atoms with Gasteiger partial charge in [-0.2, -0.15) is 0 Å². The molecule has 1 fully saturated rings. The van der Waals surface area contributed by atoms with Gasteiger partial charge in [-0.1, -0.05) is 24.1 Å². The maximum absolute atomic E-state index is 12.6. The number of carbonyl (C=O) groups excluding carboxylic acids is 1. The van der Waals surface area contributed by atoms with Crippen molar-refractivity contribution < 1.29 is 4.79 Å². The lowest BCUT2D eigenvalue weighted by Gasteiger charge is -2.38. The molecule has 88 valence electrons. The molecule has 0 bridgehead atoms. The molecule has 0 N–H and O–H groups in total. The zero-order valence-corrected chi connectivity index (χ0v) is 10.9. The quantitative estimate of drug-likeness (QED) is 0.443. The van der Waals surface area contributed by atoms with E-state index in [1.54, 1.807) is 0 Å². The van der Waals surface area contributed by atoms with Gasteiger partial charge >= 0.3 is 0 Å². The average Bonchev–Trinajstić information content (AvgIpc) is 2.59. The monoisotopic (exact) mass is 218 g/mol. The third-order valence-electron chi connectivity index (χ3n) is 4.44. The van der Waals surface area contributed by atoms with E-state index in [4.69, 9.17) is 0 Å². The second kappa shape index (κ2) is 3.87. The van der Waals surface area contributed by atoms with Gasteiger partial charge in [0.1, 0.15) is 0 Å². The molecular formula is C15H22O. The van der Waals surface area contributed by atoms with E-state index in [1.807, 2.05) is 0 Å². The third kappa shape index (κ3) is 1.57. The smallest absolute Gasteiger partial charge is 0.168 e. The van der Waals surface area contributed by atoms with Gasteiger partial charge in [0, 0.05) is 0 Å². The fourth-order valence-electron chi connectivity index (χ4n) is 3.27. The minimum absolute atomic E-state index is 0.144. The highest BCUT2D eigenvalue weighted by atomic mass is 16.1. The molecule has 2 aliphatic rings. The van der Waals surface area contributed by atoms with E-state index in [0.717, 1.165) is 31.3 Å². The summed E-state index contributed by atoms with van der Waals surface area (Å²) < 4.78 is 0. The summed E-state index contributed by atoms with van der Waals surface area (Å²) in [5.41, 5.74) is 3.57. The molecule has 2 aliphatic carbocycles. The summed E-state index contributed by atoms with van der Waals surface area (Å²) in [4.78, 5) is 12.6. The van der Waals surface area contributed by atoms with Crippen molar-refractivity contribution in [3.8, 4) is 0 Å². The molecule has 16 heavy (non-hydrogen) atoms. The van der Waals surface area contributed by atoms with Crippen LogP contribution in [0.4, 0.5) is 0 Å². The highest BCUT2D eigenvalue weighted by molar-refractivity contribution is 6.03. The first-order valence-corrected chi connectivity index (χ1v) is 6.37. The molecule has 0 aliphatic heterocycles. The summed E-state index contributed by atoms with van der Waals surface area (Å²) >= 11 is 0. The zero-order valence-electron chi connectivity index (χ0n) is 10.9. The SMILES string of the molecule is CC1=C[C@@]2(CC1)C(=O)C(=C(C)C)CC[C@H]2C. The van der Waals surface area contributed by atoms with Crippen LogP contribution in [0.15, 0.2) is 22.8 Å². The first-order chi connectivity index (χ1) is 7.47. The second-order valence-electron chi connectivity index (χ2n) is 5.78. The minimum Gasteiger partial charge on any atom is -0.294 e. The number of hydrogen-bond donors (Lipinski definition) is 0. The van der Waals surface area contributed by atoms with Crippen LogP contribution in [0.5, 0.6) is 0 Å². The van der Waals surface area contributed by atoms with E-state index >= 15 is 0 Å². The highest BCUT2D eigenvalue weighted by Crippen LogP contribution is 2.50. The van der Waals surface area contributed by atoms with Gasteiger partial charge in [-0.3, -0.25) is 4.79 Å². The first-order valence-electron chi connectivity index (χ1n) is 6.37. The lowest BCUT2D eigenvalue weighted by atomic mass is 9.63. The van der Waals surface area contributed by atoms with Crippen LogP contribution in [-0.4, -0.2) is 5.78 Å². The van der Waals surface area contributed by atoms with Gasteiger partial charge in [0.25, 0.3) is 0 Å². The zero-order chi connectivity index (χ0) is 11.9. The Morgan fingerprint density at radius 3 is 2.56 bits per heavy atom. The van der Waals surface area contributed by atoms with Crippen molar-refractivity contribution >= 4 is 5.78 Å². The Hall–Kier alpha value is -0.850. The molecule has 0 amide bonds. The number of Topliss-reactive ketones (excluding diaryl/α,β-unsaturated/α-hetero) is 1. The van der Waals surface area contributed by atoms with Crippen molar-refractivity contribution in [1.82, 2.24) is 0 Å². The van der Waals surface area contributed by atoms with Crippen LogP contribution < -0.4 is 0 Å². The molecule has 1 saturated carbocycles. The summed E-state index contributed by atoms with van der Waals surface area (Å²) in [6.07, 6.45) is 6.55. The van der Waals surface area contributed by atoms with Crippen LogP contribution in [0, 0.1) is 11.3 Å². The van der Waals surface area contributed by atoms with Gasteiger partial charge in [0.2, 0.25) is 0 Å². The number of ketones is 1. The average molecular weight is 218 g/mol. The lowest BCUT2D eigenvalue weighted by molar-refractivity contribution is -0.126. The number of hydrogen-bond acceptors (Lipinski definition) is 1. The van der Waals surface area contributed by atoms with Crippen molar-refractivity contribution in [1.29, 1.82) is 0 Å². The van der Waals surface area contributed by atoms with Gasteiger partial charge in [-0.05, 0) is 57.9 Å². The van der Waals surface area contributed by atoms with Crippen molar-refractivity contribution in [2.75, 3.05) is 0 Å². The van der Waals surface area contributed by atoms with E-state index in [2.05, 4.69) is 33.8 Å². The lowest BCUT2D eigenvalue weighted by Crippen LogP contribution is -2.39. The van der Waals surface area contributed by atoms with Gasteiger partial charge < -0.3 is 0 Å². The fourth-order valence-corrected chi connectivity index (χ4v) is 3.27. The summed E-state index contributed by atoms with van der Waals surface area (Å²) in [5.74, 6) is 0.934. The molecule has 0 saturated heterocycles. The molecule has 0 aromatic carbocycles. The predicted molar refractivity (Wildman–Crippen MR) is 67.2 cm³/mol. The molecule has 0 aromatic rings. The van der Waals surface area contributed by atoms with Crippen molar-refractivity contribution in [3.05, 3.63) is 22.8 Å². The molecule has 1 heteroatoms. The second-order valence-corrected chi connectivity index (χ2v) is 5.78. The van der Waals surface area contributed by atoms with E-state index < -0.39 is 0 Å². The van der Waals surface area contributed by atoms with E-state index in [9.17, 15) is 4.79 Å². The van der Waals surface area contributed by atoms with E-state index in [-0.39, 0.29) is 5.41 Å². The Morgan fingerprint density at radius 2 is 2.06 bits per heavy atom. The van der Waals surface area contributed by atoms with Crippen LogP contribution in [0.25, 0.3) is 0 Å². The summed E-state index contributed by atoms with van der Waals surface area (Å²) in [7, 11) is 0. The molecule has 1 nitrogen and oxygen atoms in total. The molecule has 2 atom stereocenters. The van der Waals surface area contributed by atoms with Crippen LogP contribution in [0.3, 0.4) is 0 Å². The molecule has 2 rings (SSSR count). The number of carbonyl (C=O) groups is 1. The van der Waals surface area contributed by atoms with E-state index in [1.165, 1.54) is 11.1 Å². The fraction of sp³-hybridized carbons (Fsp3) is 0.667. The van der Waals surface area contributed by atoms with Crippen molar-refractivity contribution in [3.63, 3.8) is 0 Å². The highest BCUT2D eigenvalue weighted by Gasteiger charge is 2.47. The minimum atomic E-state index is -0.144. The summed E-state index contributed by atoms with van der Waals surface area (Å²) in [6.45, 7) is 8.55. The largest absolute Gasteiger partial charge is 0.294 e. The number of allylic oxidation sites excluding steroid dienone is 4. The summed E-state index contributed by atoms with van der Waals surface area (Å²) in [5, 5.41) is 0. The summed E-state index contributed by atoms with van der Waals surface area (Å²) in [6, 6.07) is 0. The van der Waals surface area contributed by atoms with Crippen LogP contribution in [0.2, 0.25) is 0 Å². The Balaban J connectivity index is 2.44. The molecule has 1 spiro atoms. The van der Waals surface area contributed by atoms with Gasteiger partial charge in [-0.15, -0.1) is 0 Å². The van der Waals surface area contributed by atoms with Crippen molar-refractivity contribution in [2.45, 2.75) is 53.4 Å². The normalized spacial score (nSPS) is 34.5. The maximum atomic E-state index is 12.6. The van der Waals surface area contributed by atoms with Crippen LogP contribution in [-0.2, 0) is 4.79 Å². The first kappa shape index (κ1) is 11.6. The van der Waals surface area contributed by atoms with Crippen molar-refractivity contribution in [2.24, 2.45) is 11.3 Å². The Morgan fingerprint density at radius 1 is 1.38 bits per heavy atom. The Labute approximate surface area is 98.6 Å². The Kier molecular flexibility index (Phi) is 2.81.